The molecule has 0 aliphatic heterocycles. The van der Waals surface area contributed by atoms with Crippen molar-refractivity contribution in [1.29, 1.82) is 0 Å². The number of carbonyl (C=O) groups excluding carboxylic acids is 3. The summed E-state index contributed by atoms with van der Waals surface area (Å²) in [6.07, 6.45) is 0. The Morgan fingerprint density at radius 1 is 1.15 bits per heavy atom. The first-order chi connectivity index (χ1) is 12.1. The minimum Gasteiger partial charge on any atom is -0.454 e. The number of halogens is 1. The largest absolute Gasteiger partial charge is 0.454 e. The monoisotopic (exact) mass is 405 g/mol. The van der Waals surface area contributed by atoms with Gasteiger partial charge in [-0.3, -0.25) is 14.9 Å². The number of hydrogen-bond acceptors (Lipinski definition) is 6. The van der Waals surface area contributed by atoms with Crippen molar-refractivity contribution in [2.24, 2.45) is 5.92 Å². The Morgan fingerprint density at radius 3 is 2.23 bits per heavy atom. The number of hydrogen-bond donors (Lipinski definition) is 3. The molecule has 0 bridgehead atoms. The van der Waals surface area contributed by atoms with Crippen LogP contribution in [0.1, 0.15) is 13.8 Å². The van der Waals surface area contributed by atoms with Crippen molar-refractivity contribution in [1.82, 2.24) is 15.4 Å². The fourth-order valence-electron chi connectivity index (χ4n) is 1.76. The number of amides is 3. The molecule has 11 heteroatoms. The highest BCUT2D eigenvalue weighted by molar-refractivity contribution is 7.89. The minimum absolute atomic E-state index is 0.0716. The number of carbonyl (C=O) groups is 3. The lowest BCUT2D eigenvalue weighted by molar-refractivity contribution is -0.150. The van der Waals surface area contributed by atoms with Crippen LogP contribution >= 0.6 is 11.6 Å². The molecule has 0 unspecified atom stereocenters. The molecule has 1 rings (SSSR count). The highest BCUT2D eigenvalue weighted by Crippen LogP contribution is 2.16. The van der Waals surface area contributed by atoms with Gasteiger partial charge in [0, 0.05) is 12.1 Å². The van der Waals surface area contributed by atoms with Gasteiger partial charge in [-0.1, -0.05) is 25.4 Å². The Labute approximate surface area is 156 Å². The van der Waals surface area contributed by atoms with E-state index in [1.807, 2.05) is 5.32 Å². The van der Waals surface area contributed by atoms with Crippen molar-refractivity contribution in [2.75, 3.05) is 13.7 Å². The molecule has 1 atom stereocenters. The molecule has 144 valence electrons. The van der Waals surface area contributed by atoms with Crippen LogP contribution < -0.4 is 15.4 Å². The number of esters is 1. The molecule has 0 saturated heterocycles. The number of rotatable bonds is 7. The van der Waals surface area contributed by atoms with E-state index in [1.165, 1.54) is 31.3 Å². The third-order valence-corrected chi connectivity index (χ3v) is 4.86. The van der Waals surface area contributed by atoms with E-state index in [9.17, 15) is 22.8 Å². The molecule has 0 aliphatic rings. The number of ether oxygens (including phenoxy) is 1. The molecular weight excluding hydrogens is 386 g/mol. The molecule has 1 aromatic rings. The quantitative estimate of drug-likeness (QED) is 0.570. The summed E-state index contributed by atoms with van der Waals surface area (Å²) in [7, 11) is -2.69. The van der Waals surface area contributed by atoms with Crippen LogP contribution in [0.5, 0.6) is 0 Å². The first kappa shape index (κ1) is 21.9. The Morgan fingerprint density at radius 2 is 1.73 bits per heavy atom. The average molecular weight is 406 g/mol. The smallest absolute Gasteiger partial charge is 0.324 e. The van der Waals surface area contributed by atoms with Crippen molar-refractivity contribution in [3.05, 3.63) is 29.3 Å². The van der Waals surface area contributed by atoms with Gasteiger partial charge in [-0.25, -0.2) is 13.2 Å². The fraction of sp³-hybridized carbons (Fsp3) is 0.400. The summed E-state index contributed by atoms with van der Waals surface area (Å²) in [5, 5.41) is 4.45. The maximum Gasteiger partial charge on any atom is 0.324 e. The highest BCUT2D eigenvalue weighted by Gasteiger charge is 2.30. The second-order valence-corrected chi connectivity index (χ2v) is 7.68. The molecule has 26 heavy (non-hydrogen) atoms. The first-order valence-corrected chi connectivity index (χ1v) is 9.39. The van der Waals surface area contributed by atoms with Crippen LogP contribution in [0, 0.1) is 5.92 Å². The van der Waals surface area contributed by atoms with Gasteiger partial charge >= 0.3 is 12.0 Å². The van der Waals surface area contributed by atoms with E-state index < -0.39 is 46.5 Å². The van der Waals surface area contributed by atoms with Gasteiger partial charge in [0.2, 0.25) is 10.0 Å². The normalized spacial score (nSPS) is 12.3. The van der Waals surface area contributed by atoms with E-state index >= 15 is 0 Å². The van der Waals surface area contributed by atoms with Gasteiger partial charge in [0.05, 0.1) is 4.90 Å². The first-order valence-electron chi connectivity index (χ1n) is 7.53. The average Bonchev–Trinajstić information content (AvgIpc) is 2.57. The Bertz CT molecular complexity index is 764. The van der Waals surface area contributed by atoms with Crippen molar-refractivity contribution in [3.8, 4) is 0 Å². The van der Waals surface area contributed by atoms with Gasteiger partial charge in [-0.15, -0.1) is 0 Å². The molecule has 0 saturated carbocycles. The lowest BCUT2D eigenvalue weighted by Crippen LogP contribution is -2.46. The van der Waals surface area contributed by atoms with Crippen molar-refractivity contribution >= 4 is 39.5 Å². The predicted octanol–water partition coefficient (Wildman–Crippen LogP) is 0.642. The molecule has 0 spiro atoms. The van der Waals surface area contributed by atoms with Gasteiger partial charge in [0.25, 0.3) is 5.91 Å². The van der Waals surface area contributed by atoms with Crippen LogP contribution in [-0.4, -0.2) is 46.0 Å². The van der Waals surface area contributed by atoms with E-state index in [2.05, 4.69) is 10.0 Å². The number of urea groups is 1. The van der Waals surface area contributed by atoms with E-state index in [4.69, 9.17) is 16.3 Å². The molecular formula is C15H20ClN3O6S. The summed E-state index contributed by atoms with van der Waals surface area (Å²) in [6, 6.07) is 3.43. The molecule has 0 heterocycles. The third kappa shape index (κ3) is 6.62. The second kappa shape index (κ2) is 9.51. The van der Waals surface area contributed by atoms with Crippen LogP contribution in [0.15, 0.2) is 29.2 Å². The fourth-order valence-corrected chi connectivity index (χ4v) is 3.22. The van der Waals surface area contributed by atoms with Gasteiger partial charge in [0.1, 0.15) is 6.04 Å². The number of sulfonamides is 1. The standard InChI is InChI=1S/C15H20ClN3O6S/c1-9(2)13(14(21)25-8-12(20)18-15(22)17-3)19-26(23,24)11-6-4-10(16)5-7-11/h4-7,9,13,19H,8H2,1-3H3,(H2,17,18,20,22)/t13-/m0/s1. The third-order valence-electron chi connectivity index (χ3n) is 3.15. The molecule has 0 radical (unpaired) electrons. The maximum absolute atomic E-state index is 12.4. The summed E-state index contributed by atoms with van der Waals surface area (Å²) in [5.41, 5.74) is 0. The lowest BCUT2D eigenvalue weighted by Gasteiger charge is -2.20. The van der Waals surface area contributed by atoms with Crippen LogP contribution in [0.2, 0.25) is 5.02 Å². The summed E-state index contributed by atoms with van der Waals surface area (Å²) >= 11 is 5.73. The number of benzene rings is 1. The van der Waals surface area contributed by atoms with Crippen LogP contribution in [0.3, 0.4) is 0 Å². The Kier molecular flexibility index (Phi) is 8.00. The summed E-state index contributed by atoms with van der Waals surface area (Å²) < 4.78 is 31.8. The topological polar surface area (TPSA) is 131 Å². The van der Waals surface area contributed by atoms with E-state index in [1.54, 1.807) is 13.8 Å². The zero-order valence-corrected chi connectivity index (χ0v) is 16.0. The van der Waals surface area contributed by atoms with Crippen LogP contribution in [-0.2, 0) is 24.3 Å². The van der Waals surface area contributed by atoms with Gasteiger partial charge < -0.3 is 10.1 Å². The van der Waals surface area contributed by atoms with Crippen LogP contribution in [0.25, 0.3) is 0 Å². The Hall–Kier alpha value is -2.17. The van der Waals surface area contributed by atoms with E-state index in [-0.39, 0.29) is 4.90 Å². The molecule has 1 aromatic carbocycles. The van der Waals surface area contributed by atoms with Crippen molar-refractivity contribution in [3.63, 3.8) is 0 Å². The molecule has 3 amide bonds. The molecule has 3 N–H and O–H groups in total. The van der Waals surface area contributed by atoms with Crippen molar-refractivity contribution in [2.45, 2.75) is 24.8 Å². The highest BCUT2D eigenvalue weighted by atomic mass is 35.5. The van der Waals surface area contributed by atoms with Crippen molar-refractivity contribution < 1.29 is 27.5 Å². The number of nitrogens with one attached hydrogen (secondary N) is 3. The Balaban J connectivity index is 2.78. The molecule has 0 aromatic heterocycles. The molecule has 0 fully saturated rings. The van der Waals surface area contributed by atoms with E-state index in [0.29, 0.717) is 5.02 Å². The number of imide groups is 1. The summed E-state index contributed by atoms with van der Waals surface area (Å²) in [4.78, 5) is 34.5. The molecule has 0 aliphatic carbocycles. The minimum atomic E-state index is -4.00. The van der Waals surface area contributed by atoms with Gasteiger partial charge in [-0.2, -0.15) is 4.72 Å². The van der Waals surface area contributed by atoms with Gasteiger partial charge in [-0.05, 0) is 30.2 Å². The summed E-state index contributed by atoms with van der Waals surface area (Å²) in [6.45, 7) is 2.50. The predicted molar refractivity (Wildman–Crippen MR) is 94.0 cm³/mol. The maximum atomic E-state index is 12.4. The zero-order valence-electron chi connectivity index (χ0n) is 14.4. The second-order valence-electron chi connectivity index (χ2n) is 5.53. The summed E-state index contributed by atoms with van der Waals surface area (Å²) in [5.74, 6) is -2.24. The van der Waals surface area contributed by atoms with Crippen LogP contribution in [0.4, 0.5) is 4.79 Å². The SMILES string of the molecule is CNC(=O)NC(=O)COC(=O)[C@@H](NS(=O)(=O)c1ccc(Cl)cc1)C(C)C. The lowest BCUT2D eigenvalue weighted by atomic mass is 10.1. The zero-order chi connectivity index (χ0) is 19.9. The van der Waals surface area contributed by atoms with E-state index in [0.717, 1.165) is 0 Å². The van der Waals surface area contributed by atoms with Gasteiger partial charge in [0.15, 0.2) is 6.61 Å². The molecule has 9 nitrogen and oxygen atoms in total.